The molecular weight excluding hydrogens is 244 g/mol. The van der Waals surface area contributed by atoms with Crippen LogP contribution in [0, 0.1) is 21.4 Å². The second kappa shape index (κ2) is 5.59. The zero-order valence-corrected chi connectivity index (χ0v) is 12.6. The van der Waals surface area contributed by atoms with Crippen LogP contribution in [0.5, 0.6) is 0 Å². The fraction of sp³-hybridized carbons (Fsp3) is 0.769. The van der Waals surface area contributed by atoms with Crippen LogP contribution in [0.25, 0.3) is 0 Å². The summed E-state index contributed by atoms with van der Waals surface area (Å²) in [6.45, 7) is 11.1. The van der Waals surface area contributed by atoms with Gasteiger partial charge in [-0.05, 0) is 17.8 Å². The van der Waals surface area contributed by atoms with Gasteiger partial charge < -0.3 is 5.32 Å². The molecule has 0 saturated carbocycles. The molecule has 0 spiro atoms. The summed E-state index contributed by atoms with van der Waals surface area (Å²) in [5.41, 5.74) is 0.687. The predicted molar refractivity (Wildman–Crippen MR) is 76.3 cm³/mol. The summed E-state index contributed by atoms with van der Waals surface area (Å²) in [6.07, 6.45) is 0.555. The molecule has 1 aromatic rings. The van der Waals surface area contributed by atoms with Crippen molar-refractivity contribution in [3.05, 3.63) is 15.8 Å². The van der Waals surface area contributed by atoms with Crippen LogP contribution in [0.4, 0.5) is 11.5 Å². The van der Waals surface area contributed by atoms with Crippen molar-refractivity contribution in [1.29, 1.82) is 0 Å². The summed E-state index contributed by atoms with van der Waals surface area (Å²) in [7, 11) is 1.73. The minimum absolute atomic E-state index is 0.0600. The van der Waals surface area contributed by atoms with Gasteiger partial charge in [0.1, 0.15) is 5.69 Å². The number of aromatic nitrogens is 2. The van der Waals surface area contributed by atoms with Gasteiger partial charge in [-0.15, -0.1) is 0 Å². The summed E-state index contributed by atoms with van der Waals surface area (Å²) in [5, 5.41) is 18.6. The highest BCUT2D eigenvalue weighted by Gasteiger charge is 2.28. The molecular formula is C13H24N4O2. The van der Waals surface area contributed by atoms with E-state index in [0.29, 0.717) is 30.4 Å². The number of hydrogen-bond acceptors (Lipinski definition) is 4. The van der Waals surface area contributed by atoms with Crippen LogP contribution in [0.15, 0.2) is 0 Å². The van der Waals surface area contributed by atoms with Crippen molar-refractivity contribution in [3.63, 3.8) is 0 Å². The van der Waals surface area contributed by atoms with E-state index in [1.54, 1.807) is 11.7 Å². The topological polar surface area (TPSA) is 73.0 Å². The lowest BCUT2D eigenvalue weighted by Crippen LogP contribution is -2.29. The summed E-state index contributed by atoms with van der Waals surface area (Å²) >= 11 is 0. The van der Waals surface area contributed by atoms with Crippen molar-refractivity contribution in [2.24, 2.45) is 18.4 Å². The average Bonchev–Trinajstić information content (AvgIpc) is 2.63. The van der Waals surface area contributed by atoms with Crippen molar-refractivity contribution in [2.45, 2.75) is 41.0 Å². The van der Waals surface area contributed by atoms with E-state index in [2.05, 4.69) is 38.1 Å². The first-order valence-electron chi connectivity index (χ1n) is 6.64. The number of nitrogens with one attached hydrogen (secondary N) is 1. The molecule has 0 amide bonds. The van der Waals surface area contributed by atoms with E-state index in [9.17, 15) is 10.1 Å². The van der Waals surface area contributed by atoms with E-state index in [1.165, 1.54) is 0 Å². The van der Waals surface area contributed by atoms with E-state index in [1.807, 2.05) is 6.92 Å². The second-order valence-electron chi connectivity index (χ2n) is 5.88. The quantitative estimate of drug-likeness (QED) is 0.636. The fourth-order valence-corrected chi connectivity index (χ4v) is 1.71. The molecule has 0 aliphatic rings. The van der Waals surface area contributed by atoms with Gasteiger partial charge in [-0.2, -0.15) is 5.10 Å². The smallest absolute Gasteiger partial charge is 0.333 e. The fourth-order valence-electron chi connectivity index (χ4n) is 1.71. The minimum atomic E-state index is -0.351. The first-order valence-corrected chi connectivity index (χ1v) is 6.64. The Bertz CT molecular complexity index is 463. The highest BCUT2D eigenvalue weighted by Crippen LogP contribution is 2.31. The summed E-state index contributed by atoms with van der Waals surface area (Å²) in [5.74, 6) is 0.980. The van der Waals surface area contributed by atoms with Gasteiger partial charge in [0.25, 0.3) is 0 Å². The molecule has 1 heterocycles. The Morgan fingerprint density at radius 3 is 2.47 bits per heavy atom. The molecule has 0 radical (unpaired) electrons. The van der Waals surface area contributed by atoms with E-state index in [-0.39, 0.29) is 16.0 Å². The van der Waals surface area contributed by atoms with E-state index in [0.717, 1.165) is 0 Å². The molecule has 0 fully saturated rings. The first-order chi connectivity index (χ1) is 8.70. The highest BCUT2D eigenvalue weighted by atomic mass is 16.6. The van der Waals surface area contributed by atoms with Crippen LogP contribution in [0.3, 0.4) is 0 Å². The van der Waals surface area contributed by atoms with Gasteiger partial charge in [0.05, 0.1) is 4.92 Å². The van der Waals surface area contributed by atoms with Gasteiger partial charge in [0.15, 0.2) is 0 Å². The van der Waals surface area contributed by atoms with Crippen molar-refractivity contribution in [3.8, 4) is 0 Å². The van der Waals surface area contributed by atoms with Crippen LogP contribution in [0.2, 0.25) is 0 Å². The largest absolute Gasteiger partial charge is 0.364 e. The van der Waals surface area contributed by atoms with Crippen molar-refractivity contribution < 1.29 is 4.92 Å². The van der Waals surface area contributed by atoms with Crippen molar-refractivity contribution in [2.75, 3.05) is 11.9 Å². The molecule has 6 nitrogen and oxygen atoms in total. The molecule has 0 aliphatic carbocycles. The van der Waals surface area contributed by atoms with Gasteiger partial charge in [-0.25, -0.2) is 4.68 Å². The maximum atomic E-state index is 11.2. The average molecular weight is 268 g/mol. The van der Waals surface area contributed by atoms with Gasteiger partial charge in [-0.1, -0.05) is 34.6 Å². The number of nitro groups is 1. The first kappa shape index (κ1) is 15.5. The molecule has 0 atom stereocenters. The van der Waals surface area contributed by atoms with E-state index in [4.69, 9.17) is 0 Å². The van der Waals surface area contributed by atoms with E-state index >= 15 is 0 Å². The number of rotatable bonds is 6. The molecule has 1 aromatic heterocycles. The maximum absolute atomic E-state index is 11.2. The lowest BCUT2D eigenvalue weighted by Gasteiger charge is -2.29. The Balaban J connectivity index is 3.02. The number of hydrogen-bond donors (Lipinski definition) is 1. The number of nitrogens with zero attached hydrogens (tertiary/aromatic N) is 3. The standard InChI is InChI=1S/C13H24N4O2/c1-7-10-11(17(18)19)12(16(6)15-10)14-8-13(4,5)9(2)3/h9,14H,7-8H2,1-6H3. The maximum Gasteiger partial charge on any atom is 0.333 e. The Kier molecular flexibility index (Phi) is 4.55. The molecule has 6 heteroatoms. The van der Waals surface area contributed by atoms with Crippen LogP contribution in [0.1, 0.15) is 40.3 Å². The minimum Gasteiger partial charge on any atom is -0.364 e. The Hall–Kier alpha value is -1.59. The Morgan fingerprint density at radius 1 is 1.47 bits per heavy atom. The molecule has 1 rings (SSSR count). The van der Waals surface area contributed by atoms with Crippen molar-refractivity contribution in [1.82, 2.24) is 9.78 Å². The monoisotopic (exact) mass is 268 g/mol. The lowest BCUT2D eigenvalue weighted by atomic mass is 9.81. The molecule has 0 unspecified atom stereocenters. The van der Waals surface area contributed by atoms with Gasteiger partial charge in [0, 0.05) is 13.6 Å². The van der Waals surface area contributed by atoms with E-state index < -0.39 is 0 Å². The SMILES string of the molecule is CCc1nn(C)c(NCC(C)(C)C(C)C)c1[N+](=O)[O-]. The number of anilines is 1. The predicted octanol–water partition coefficient (Wildman–Crippen LogP) is 2.98. The second-order valence-corrected chi connectivity index (χ2v) is 5.88. The molecule has 0 saturated heterocycles. The van der Waals surface area contributed by atoms with Crippen LogP contribution < -0.4 is 5.32 Å². The zero-order valence-electron chi connectivity index (χ0n) is 12.6. The van der Waals surface area contributed by atoms with Crippen molar-refractivity contribution >= 4 is 11.5 Å². The molecule has 0 aromatic carbocycles. The van der Waals surface area contributed by atoms with Gasteiger partial charge in [0.2, 0.25) is 5.82 Å². The summed E-state index contributed by atoms with van der Waals surface area (Å²) < 4.78 is 1.56. The molecule has 108 valence electrons. The van der Waals surface area contributed by atoms with Gasteiger partial charge in [-0.3, -0.25) is 10.1 Å². The third kappa shape index (κ3) is 3.24. The normalized spacial score (nSPS) is 11.9. The molecule has 19 heavy (non-hydrogen) atoms. The zero-order chi connectivity index (χ0) is 14.8. The summed E-state index contributed by atoms with van der Waals surface area (Å²) in [6, 6.07) is 0. The summed E-state index contributed by atoms with van der Waals surface area (Å²) in [4.78, 5) is 10.8. The highest BCUT2D eigenvalue weighted by molar-refractivity contribution is 5.59. The van der Waals surface area contributed by atoms with Crippen LogP contribution >= 0.6 is 0 Å². The molecule has 0 aliphatic heterocycles. The van der Waals surface area contributed by atoms with Gasteiger partial charge >= 0.3 is 5.69 Å². The lowest BCUT2D eigenvalue weighted by molar-refractivity contribution is -0.384. The third-order valence-electron chi connectivity index (χ3n) is 3.88. The molecule has 0 bridgehead atoms. The van der Waals surface area contributed by atoms with Crippen LogP contribution in [-0.4, -0.2) is 21.2 Å². The third-order valence-corrected chi connectivity index (χ3v) is 3.88. The van der Waals surface area contributed by atoms with Crippen LogP contribution in [-0.2, 0) is 13.5 Å². The Labute approximate surface area is 114 Å². The number of aryl methyl sites for hydroxylation is 2. The molecule has 1 N–H and O–H groups in total. The Morgan fingerprint density at radius 2 is 2.05 bits per heavy atom.